The maximum absolute atomic E-state index is 14.0. The Morgan fingerprint density at radius 2 is 1.93 bits per heavy atom. The number of aryl methyl sites for hydroxylation is 1. The van der Waals surface area contributed by atoms with E-state index in [0.717, 1.165) is 19.0 Å². The topological polar surface area (TPSA) is 72.8 Å². The molecular formula is C20H21F2N5O. The third-order valence-corrected chi connectivity index (χ3v) is 3.95. The molecule has 0 aliphatic carbocycles. The minimum absolute atomic E-state index is 0.230. The molecule has 28 heavy (non-hydrogen) atoms. The Hall–Kier alpha value is -3.16. The smallest absolute Gasteiger partial charge is 0.303 e. The van der Waals surface area contributed by atoms with Crippen molar-refractivity contribution in [1.29, 1.82) is 0 Å². The molecule has 1 N–H and O–H groups in total. The van der Waals surface area contributed by atoms with Crippen LogP contribution in [0.15, 0.2) is 42.9 Å². The molecule has 0 fully saturated rings. The Bertz CT molecular complexity index is 942. The summed E-state index contributed by atoms with van der Waals surface area (Å²) in [7, 11) is 0. The first-order valence-corrected chi connectivity index (χ1v) is 8.97. The van der Waals surface area contributed by atoms with E-state index in [2.05, 4.69) is 25.3 Å². The molecule has 3 aromatic heterocycles. The Morgan fingerprint density at radius 3 is 2.57 bits per heavy atom. The first-order chi connectivity index (χ1) is 13.4. The summed E-state index contributed by atoms with van der Waals surface area (Å²) in [5.41, 5.74) is 2.48. The van der Waals surface area contributed by atoms with Gasteiger partial charge in [0, 0.05) is 36.6 Å². The van der Waals surface area contributed by atoms with Crippen molar-refractivity contribution < 1.29 is 13.5 Å². The maximum atomic E-state index is 14.0. The second kappa shape index (κ2) is 8.24. The number of pyridine rings is 2. The zero-order chi connectivity index (χ0) is 20.1. The van der Waals surface area contributed by atoms with Crippen LogP contribution in [0, 0.1) is 0 Å². The number of hydrogen-bond donors (Lipinski definition) is 1. The highest BCUT2D eigenvalue weighted by Crippen LogP contribution is 2.31. The van der Waals surface area contributed by atoms with Crippen LogP contribution in [0.25, 0.3) is 11.3 Å². The van der Waals surface area contributed by atoms with Crippen molar-refractivity contribution in [3.05, 3.63) is 54.4 Å². The van der Waals surface area contributed by atoms with Gasteiger partial charge in [0.05, 0.1) is 24.2 Å². The molecule has 0 atom stereocenters. The van der Waals surface area contributed by atoms with Gasteiger partial charge in [-0.2, -0.15) is 8.78 Å². The molecular weight excluding hydrogens is 364 g/mol. The number of rotatable bonds is 7. The molecule has 0 amide bonds. The zero-order valence-electron chi connectivity index (χ0n) is 15.9. The van der Waals surface area contributed by atoms with E-state index in [-0.39, 0.29) is 5.82 Å². The van der Waals surface area contributed by atoms with Gasteiger partial charge in [-0.3, -0.25) is 9.97 Å². The largest absolute Gasteiger partial charge is 0.490 e. The van der Waals surface area contributed by atoms with Crippen LogP contribution in [-0.4, -0.2) is 26.5 Å². The number of alkyl halides is 2. The monoisotopic (exact) mass is 385 g/mol. The van der Waals surface area contributed by atoms with Gasteiger partial charge in [0.2, 0.25) is 5.82 Å². The van der Waals surface area contributed by atoms with E-state index in [1.165, 1.54) is 0 Å². The minimum atomic E-state index is -3.19. The molecule has 0 bridgehead atoms. The van der Waals surface area contributed by atoms with E-state index in [4.69, 9.17) is 4.74 Å². The normalized spacial score (nSPS) is 11.3. The van der Waals surface area contributed by atoms with Crippen molar-refractivity contribution in [2.45, 2.75) is 33.1 Å². The van der Waals surface area contributed by atoms with Crippen molar-refractivity contribution >= 4 is 11.5 Å². The average molecular weight is 385 g/mol. The van der Waals surface area contributed by atoms with Crippen LogP contribution in [0.5, 0.6) is 5.75 Å². The second-order valence-corrected chi connectivity index (χ2v) is 6.17. The third-order valence-electron chi connectivity index (χ3n) is 3.95. The summed E-state index contributed by atoms with van der Waals surface area (Å²) in [6, 6.07) is 6.96. The lowest BCUT2D eigenvalue weighted by molar-refractivity contribution is 0.00795. The molecule has 0 radical (unpaired) electrons. The minimum Gasteiger partial charge on any atom is -0.490 e. The molecule has 8 heteroatoms. The van der Waals surface area contributed by atoms with Crippen LogP contribution in [0.1, 0.15) is 32.3 Å². The molecule has 3 rings (SSSR count). The van der Waals surface area contributed by atoms with Gasteiger partial charge in [-0.1, -0.05) is 6.92 Å². The van der Waals surface area contributed by atoms with Gasteiger partial charge >= 0.3 is 5.92 Å². The number of ether oxygens (including phenoxy) is 1. The van der Waals surface area contributed by atoms with Gasteiger partial charge in [-0.15, -0.1) is 0 Å². The van der Waals surface area contributed by atoms with Gasteiger partial charge in [0.15, 0.2) is 5.75 Å². The number of nitrogens with one attached hydrogen (secondary N) is 1. The highest BCUT2D eigenvalue weighted by molar-refractivity contribution is 5.68. The number of anilines is 2. The fourth-order valence-electron chi connectivity index (χ4n) is 2.53. The average Bonchev–Trinajstić information content (AvgIpc) is 2.69. The Kier molecular flexibility index (Phi) is 5.77. The van der Waals surface area contributed by atoms with E-state index >= 15 is 0 Å². The summed E-state index contributed by atoms with van der Waals surface area (Å²) < 4.78 is 33.5. The molecule has 0 saturated heterocycles. The van der Waals surface area contributed by atoms with Crippen LogP contribution in [-0.2, 0) is 12.3 Å². The standard InChI is InChI=1S/C20H21F2N5O/c1-4-14-7-6-13(11-24-14)16-10-18(27-19(26-16)20(3,21)22)25-15-8-9-23-12-17(15)28-5-2/h6-12H,4-5H2,1-3H3,(H,23,25,26,27). The van der Waals surface area contributed by atoms with Gasteiger partial charge in [0.25, 0.3) is 0 Å². The van der Waals surface area contributed by atoms with Gasteiger partial charge in [-0.05, 0) is 31.5 Å². The lowest BCUT2D eigenvalue weighted by atomic mass is 10.1. The summed E-state index contributed by atoms with van der Waals surface area (Å²) in [5, 5.41) is 3.03. The molecule has 0 spiro atoms. The number of nitrogens with zero attached hydrogens (tertiary/aromatic N) is 4. The molecule has 0 aromatic carbocycles. The molecule has 0 unspecified atom stereocenters. The maximum Gasteiger partial charge on any atom is 0.303 e. The van der Waals surface area contributed by atoms with E-state index in [9.17, 15) is 8.78 Å². The summed E-state index contributed by atoms with van der Waals surface area (Å²) in [5.74, 6) is -3.03. The summed E-state index contributed by atoms with van der Waals surface area (Å²) in [4.78, 5) is 16.4. The van der Waals surface area contributed by atoms with Gasteiger partial charge < -0.3 is 10.1 Å². The van der Waals surface area contributed by atoms with Crippen LogP contribution in [0.2, 0.25) is 0 Å². The molecule has 0 aliphatic rings. The lowest BCUT2D eigenvalue weighted by Gasteiger charge is -2.15. The first-order valence-electron chi connectivity index (χ1n) is 8.97. The van der Waals surface area contributed by atoms with Crippen LogP contribution in [0.3, 0.4) is 0 Å². The van der Waals surface area contributed by atoms with Crippen LogP contribution in [0.4, 0.5) is 20.3 Å². The highest BCUT2D eigenvalue weighted by Gasteiger charge is 2.29. The predicted molar refractivity (Wildman–Crippen MR) is 103 cm³/mol. The summed E-state index contributed by atoms with van der Waals surface area (Å²) >= 11 is 0. The van der Waals surface area contributed by atoms with E-state index in [1.807, 2.05) is 26.0 Å². The molecule has 146 valence electrons. The van der Waals surface area contributed by atoms with Gasteiger partial charge in [-0.25, -0.2) is 9.97 Å². The SMILES string of the molecule is CCOc1cnccc1Nc1cc(-c2ccc(CC)nc2)nc(C(C)(F)F)n1. The Labute approximate surface area is 162 Å². The van der Waals surface area contributed by atoms with Crippen molar-refractivity contribution in [3.63, 3.8) is 0 Å². The first kappa shape index (κ1) is 19.6. The fourth-order valence-corrected chi connectivity index (χ4v) is 2.53. The van der Waals surface area contributed by atoms with Crippen molar-refractivity contribution in [1.82, 2.24) is 19.9 Å². The number of hydrogen-bond acceptors (Lipinski definition) is 6. The quantitative estimate of drug-likeness (QED) is 0.633. The highest BCUT2D eigenvalue weighted by atomic mass is 19.3. The van der Waals surface area contributed by atoms with Crippen LogP contribution < -0.4 is 10.1 Å². The van der Waals surface area contributed by atoms with Crippen molar-refractivity contribution in [2.75, 3.05) is 11.9 Å². The molecule has 3 heterocycles. The molecule has 6 nitrogen and oxygen atoms in total. The Morgan fingerprint density at radius 1 is 1.11 bits per heavy atom. The van der Waals surface area contributed by atoms with E-state index in [1.54, 1.807) is 30.7 Å². The number of aromatic nitrogens is 4. The van der Waals surface area contributed by atoms with Crippen molar-refractivity contribution in [2.24, 2.45) is 0 Å². The molecule has 0 aliphatic heterocycles. The molecule has 3 aromatic rings. The molecule has 0 saturated carbocycles. The van der Waals surface area contributed by atoms with E-state index < -0.39 is 11.7 Å². The zero-order valence-corrected chi connectivity index (χ0v) is 15.9. The second-order valence-electron chi connectivity index (χ2n) is 6.17. The van der Waals surface area contributed by atoms with Crippen molar-refractivity contribution in [3.8, 4) is 17.0 Å². The predicted octanol–water partition coefficient (Wildman–Crippen LogP) is 4.75. The number of halogens is 2. The van der Waals surface area contributed by atoms with Crippen LogP contribution >= 0.6 is 0 Å². The fraction of sp³-hybridized carbons (Fsp3) is 0.300. The summed E-state index contributed by atoms with van der Waals surface area (Å²) in [6.45, 7) is 5.06. The lowest BCUT2D eigenvalue weighted by Crippen LogP contribution is -2.14. The van der Waals surface area contributed by atoms with Gasteiger partial charge in [0.1, 0.15) is 5.82 Å². The third kappa shape index (κ3) is 4.57. The van der Waals surface area contributed by atoms with E-state index in [0.29, 0.717) is 29.3 Å². The summed E-state index contributed by atoms with van der Waals surface area (Å²) in [6.07, 6.45) is 5.55. The Balaban J connectivity index is 2.03.